The molecule has 2 aromatic rings. The third-order valence-corrected chi connectivity index (χ3v) is 3.58. The normalized spacial score (nSPS) is 10.7. The van der Waals surface area contributed by atoms with Gasteiger partial charge in [0.15, 0.2) is 5.69 Å². The highest BCUT2D eigenvalue weighted by atomic mass is 32.1. The van der Waals surface area contributed by atoms with E-state index in [2.05, 4.69) is 9.97 Å². The molecule has 2 heterocycles. The predicted octanol–water partition coefficient (Wildman–Crippen LogP) is 1.90. The lowest BCUT2D eigenvalue weighted by Crippen LogP contribution is -2.11. The first-order chi connectivity index (χ1) is 9.67. The van der Waals surface area contributed by atoms with Gasteiger partial charge in [-0.1, -0.05) is 6.92 Å². The molecule has 0 aliphatic rings. The van der Waals surface area contributed by atoms with E-state index in [0.29, 0.717) is 25.4 Å². The number of aromatic nitrogens is 3. The Hall–Kier alpha value is -1.89. The fraction of sp³-hybridized carbons (Fsp3) is 0.462. The number of imidazole rings is 1. The summed E-state index contributed by atoms with van der Waals surface area (Å²) in [6.07, 6.45) is 1.47. The zero-order valence-electron chi connectivity index (χ0n) is 11.6. The van der Waals surface area contributed by atoms with Crippen LogP contribution in [0.5, 0.6) is 0 Å². The van der Waals surface area contributed by atoms with E-state index < -0.39 is 5.97 Å². The average Bonchev–Trinajstić information content (AvgIpc) is 3.04. The third kappa shape index (κ3) is 2.98. The van der Waals surface area contributed by atoms with Gasteiger partial charge in [0.1, 0.15) is 11.6 Å². The summed E-state index contributed by atoms with van der Waals surface area (Å²) in [6.45, 7) is 4.71. The van der Waals surface area contributed by atoms with Gasteiger partial charge in [-0.2, -0.15) is 0 Å². The summed E-state index contributed by atoms with van der Waals surface area (Å²) in [6, 6.07) is 0. The number of nitrogen functional groups attached to an aromatic ring is 1. The molecule has 108 valence electrons. The molecule has 0 spiro atoms. The number of nitrogens with zero attached hydrogens (tertiary/aromatic N) is 3. The van der Waals surface area contributed by atoms with Crippen molar-refractivity contribution >= 4 is 23.1 Å². The number of carbonyl (C=O) groups is 1. The maximum Gasteiger partial charge on any atom is 0.360 e. The Balaban J connectivity index is 2.20. The van der Waals surface area contributed by atoms with Crippen LogP contribution in [0.2, 0.25) is 0 Å². The van der Waals surface area contributed by atoms with Gasteiger partial charge in [0.05, 0.1) is 17.8 Å². The smallest absolute Gasteiger partial charge is 0.360 e. The first kappa shape index (κ1) is 14.5. The number of rotatable bonds is 6. The lowest BCUT2D eigenvalue weighted by molar-refractivity contribution is 0.0521. The van der Waals surface area contributed by atoms with Crippen molar-refractivity contribution in [3.63, 3.8) is 0 Å². The van der Waals surface area contributed by atoms with Crippen LogP contribution in [-0.2, 0) is 24.1 Å². The highest BCUT2D eigenvalue weighted by molar-refractivity contribution is 7.07. The van der Waals surface area contributed by atoms with E-state index in [-0.39, 0.29) is 5.69 Å². The van der Waals surface area contributed by atoms with E-state index in [9.17, 15) is 4.79 Å². The van der Waals surface area contributed by atoms with Gasteiger partial charge in [0.2, 0.25) is 0 Å². The number of aryl methyl sites for hydroxylation is 2. The van der Waals surface area contributed by atoms with Gasteiger partial charge in [-0.05, 0) is 6.92 Å². The zero-order chi connectivity index (χ0) is 14.5. The minimum absolute atomic E-state index is 0.210. The van der Waals surface area contributed by atoms with Crippen molar-refractivity contribution in [1.82, 2.24) is 14.5 Å². The number of thiazole rings is 1. The number of ether oxygens (including phenoxy) is 1. The molecule has 0 unspecified atom stereocenters. The van der Waals surface area contributed by atoms with Gasteiger partial charge in [0, 0.05) is 24.8 Å². The fourth-order valence-electron chi connectivity index (χ4n) is 1.97. The Morgan fingerprint density at radius 3 is 2.90 bits per heavy atom. The van der Waals surface area contributed by atoms with Crippen LogP contribution >= 0.6 is 11.3 Å². The Morgan fingerprint density at radius 2 is 2.30 bits per heavy atom. The van der Waals surface area contributed by atoms with Crippen LogP contribution in [0, 0.1) is 0 Å². The molecule has 0 aromatic carbocycles. The molecule has 0 aliphatic heterocycles. The highest BCUT2D eigenvalue weighted by Crippen LogP contribution is 2.17. The van der Waals surface area contributed by atoms with E-state index in [1.54, 1.807) is 23.8 Å². The number of carbonyl (C=O) groups excluding carboxylic acids is 1. The molecule has 2 rings (SSSR count). The quantitative estimate of drug-likeness (QED) is 0.823. The van der Waals surface area contributed by atoms with E-state index in [4.69, 9.17) is 10.5 Å². The number of anilines is 1. The van der Waals surface area contributed by atoms with E-state index in [0.717, 1.165) is 17.9 Å². The second-order valence-electron chi connectivity index (χ2n) is 4.22. The van der Waals surface area contributed by atoms with Gasteiger partial charge in [-0.3, -0.25) is 0 Å². The van der Waals surface area contributed by atoms with Gasteiger partial charge in [-0.25, -0.2) is 14.8 Å². The van der Waals surface area contributed by atoms with Crippen molar-refractivity contribution in [3.8, 4) is 0 Å². The first-order valence-corrected chi connectivity index (χ1v) is 7.50. The molecule has 7 heteroatoms. The van der Waals surface area contributed by atoms with Gasteiger partial charge >= 0.3 is 5.97 Å². The van der Waals surface area contributed by atoms with Gasteiger partial charge in [0.25, 0.3) is 0 Å². The summed E-state index contributed by atoms with van der Waals surface area (Å²) < 4.78 is 6.83. The summed E-state index contributed by atoms with van der Waals surface area (Å²) in [5.41, 5.74) is 9.06. The number of esters is 1. The molecule has 0 saturated carbocycles. The molecule has 0 bridgehead atoms. The van der Waals surface area contributed by atoms with E-state index in [1.165, 1.54) is 0 Å². The predicted molar refractivity (Wildman–Crippen MR) is 77.8 cm³/mol. The standard InChI is InChI=1S/C13H18N4O2S/c1-3-10-16-11(13(18)19-4-2)12(14)17(10)6-5-9-7-20-8-15-9/h7-8H,3-6,14H2,1-2H3. The monoisotopic (exact) mass is 294 g/mol. The second-order valence-corrected chi connectivity index (χ2v) is 4.94. The summed E-state index contributed by atoms with van der Waals surface area (Å²) in [4.78, 5) is 20.3. The number of nitrogens with two attached hydrogens (primary N) is 1. The van der Waals surface area contributed by atoms with Crippen molar-refractivity contribution < 1.29 is 9.53 Å². The van der Waals surface area contributed by atoms with Gasteiger partial charge in [-0.15, -0.1) is 11.3 Å². The van der Waals surface area contributed by atoms with Crippen molar-refractivity contribution in [2.24, 2.45) is 0 Å². The molecule has 0 fully saturated rings. The van der Waals surface area contributed by atoms with Gasteiger partial charge < -0.3 is 15.0 Å². The molecule has 0 amide bonds. The fourth-order valence-corrected chi connectivity index (χ4v) is 2.56. The van der Waals surface area contributed by atoms with Crippen LogP contribution in [-0.4, -0.2) is 27.1 Å². The van der Waals surface area contributed by atoms with Crippen molar-refractivity contribution in [2.75, 3.05) is 12.3 Å². The molecule has 2 N–H and O–H groups in total. The molecule has 0 aliphatic carbocycles. The lowest BCUT2D eigenvalue weighted by atomic mass is 10.3. The number of hydrogen-bond donors (Lipinski definition) is 1. The van der Waals surface area contributed by atoms with Crippen LogP contribution < -0.4 is 5.73 Å². The molecule has 0 radical (unpaired) electrons. The topological polar surface area (TPSA) is 83.0 Å². The van der Waals surface area contributed by atoms with E-state index in [1.807, 2.05) is 16.9 Å². The number of hydrogen-bond acceptors (Lipinski definition) is 6. The molecular weight excluding hydrogens is 276 g/mol. The summed E-state index contributed by atoms with van der Waals surface area (Å²) >= 11 is 1.56. The Kier molecular flexibility index (Phi) is 4.73. The van der Waals surface area contributed by atoms with Crippen molar-refractivity contribution in [3.05, 3.63) is 28.1 Å². The van der Waals surface area contributed by atoms with Crippen molar-refractivity contribution in [2.45, 2.75) is 33.2 Å². The Bertz CT molecular complexity index is 577. The maximum absolute atomic E-state index is 11.8. The van der Waals surface area contributed by atoms with Crippen LogP contribution in [0.1, 0.15) is 35.9 Å². The zero-order valence-corrected chi connectivity index (χ0v) is 12.4. The molecular formula is C13H18N4O2S. The second kappa shape index (κ2) is 6.51. The molecule has 20 heavy (non-hydrogen) atoms. The largest absolute Gasteiger partial charge is 0.461 e. The molecule has 0 saturated heterocycles. The Morgan fingerprint density at radius 1 is 1.50 bits per heavy atom. The first-order valence-electron chi connectivity index (χ1n) is 6.56. The van der Waals surface area contributed by atoms with Crippen LogP contribution in [0.3, 0.4) is 0 Å². The minimum atomic E-state index is -0.466. The SMILES string of the molecule is CCOC(=O)c1nc(CC)n(CCc2cscn2)c1N. The van der Waals surface area contributed by atoms with Crippen LogP contribution in [0.25, 0.3) is 0 Å². The van der Waals surface area contributed by atoms with Crippen LogP contribution in [0.15, 0.2) is 10.9 Å². The summed E-state index contributed by atoms with van der Waals surface area (Å²) in [7, 11) is 0. The summed E-state index contributed by atoms with van der Waals surface area (Å²) in [5, 5.41) is 2.00. The molecule has 2 aromatic heterocycles. The Labute approximate surface area is 121 Å². The van der Waals surface area contributed by atoms with Crippen molar-refractivity contribution in [1.29, 1.82) is 0 Å². The summed E-state index contributed by atoms with van der Waals surface area (Å²) in [5.74, 6) is 0.698. The molecule has 6 nitrogen and oxygen atoms in total. The maximum atomic E-state index is 11.8. The average molecular weight is 294 g/mol. The lowest BCUT2D eigenvalue weighted by Gasteiger charge is -2.07. The highest BCUT2D eigenvalue weighted by Gasteiger charge is 2.20. The van der Waals surface area contributed by atoms with Crippen LogP contribution in [0.4, 0.5) is 5.82 Å². The molecule has 0 atom stereocenters. The minimum Gasteiger partial charge on any atom is -0.461 e. The van der Waals surface area contributed by atoms with E-state index >= 15 is 0 Å². The third-order valence-electron chi connectivity index (χ3n) is 2.95.